The van der Waals surface area contributed by atoms with E-state index in [2.05, 4.69) is 28.6 Å². The highest BCUT2D eigenvalue weighted by Crippen LogP contribution is 2.12. The predicted octanol–water partition coefficient (Wildman–Crippen LogP) is 6.43. The maximum Gasteiger partial charge on any atom is 0.216 e. The number of ether oxygens (including phenoxy) is 5. The second-order valence-electron chi connectivity index (χ2n) is 12.2. The van der Waals surface area contributed by atoms with Crippen molar-refractivity contribution in [2.24, 2.45) is 11.1 Å². The van der Waals surface area contributed by atoms with Gasteiger partial charge in [0.15, 0.2) is 5.78 Å². The number of aliphatic hydroxyl groups is 1. The summed E-state index contributed by atoms with van der Waals surface area (Å²) in [7, 11) is 9.79. The lowest BCUT2D eigenvalue weighted by Crippen LogP contribution is -2.23. The van der Waals surface area contributed by atoms with E-state index in [9.17, 15) is 24.0 Å². The third-order valence-corrected chi connectivity index (χ3v) is 5.10. The normalized spacial score (nSPS) is 10.0. The van der Waals surface area contributed by atoms with Crippen molar-refractivity contribution in [3.8, 4) is 0 Å². The van der Waals surface area contributed by atoms with Gasteiger partial charge in [-0.3, -0.25) is 14.4 Å². The number of ketones is 4. The van der Waals surface area contributed by atoms with Crippen LogP contribution in [0.1, 0.15) is 135 Å². The number of amides is 1. The Balaban J connectivity index is -0.0000000574. The van der Waals surface area contributed by atoms with Crippen LogP contribution in [0.2, 0.25) is 0 Å². The van der Waals surface area contributed by atoms with E-state index in [-0.39, 0.29) is 53.2 Å². The van der Waals surface area contributed by atoms with E-state index in [0.29, 0.717) is 19.6 Å². The molecule has 320 valence electrons. The van der Waals surface area contributed by atoms with Crippen LogP contribution in [0.5, 0.6) is 0 Å². The molecule has 0 aromatic rings. The van der Waals surface area contributed by atoms with E-state index in [1.165, 1.54) is 47.6 Å². The molecule has 0 aliphatic rings. The number of Topliss-reactive ketones (excluding diaryl/α,β-unsaturated/α-hetero) is 4. The van der Waals surface area contributed by atoms with Crippen LogP contribution in [0, 0.1) is 5.41 Å². The third kappa shape index (κ3) is 157. The monoisotopic (exact) mass is 761 g/mol. The Labute approximate surface area is 321 Å². The van der Waals surface area contributed by atoms with Gasteiger partial charge in [-0.25, -0.2) is 0 Å². The smallest absolute Gasteiger partial charge is 0.216 e. The van der Waals surface area contributed by atoms with E-state index in [4.69, 9.17) is 25.1 Å². The molecule has 0 radical (unpaired) electrons. The lowest BCUT2D eigenvalue weighted by atomic mass is 9.92. The number of rotatable bonds is 14. The van der Waals surface area contributed by atoms with Gasteiger partial charge >= 0.3 is 0 Å². The molecule has 0 fully saturated rings. The molecule has 13 heteroatoms. The minimum Gasteiger partial charge on any atom is -0.391 e. The predicted molar refractivity (Wildman–Crippen MR) is 217 cm³/mol. The maximum absolute atomic E-state index is 10.5. The summed E-state index contributed by atoms with van der Waals surface area (Å²) in [5.41, 5.74) is 5.32. The van der Waals surface area contributed by atoms with Crippen LogP contribution < -0.4 is 11.1 Å². The van der Waals surface area contributed by atoms with Gasteiger partial charge in [0.1, 0.15) is 24.0 Å². The maximum atomic E-state index is 10.5. The molecule has 0 bridgehead atoms. The summed E-state index contributed by atoms with van der Waals surface area (Å²) in [5.74, 6) is 0.736. The van der Waals surface area contributed by atoms with Gasteiger partial charge in [0.2, 0.25) is 5.91 Å². The number of unbranched alkanes of at least 4 members (excludes halogenated alkanes) is 1. The lowest BCUT2D eigenvalue weighted by molar-refractivity contribution is -0.124. The molecule has 4 N–H and O–H groups in total. The average molecular weight is 761 g/mol. The van der Waals surface area contributed by atoms with E-state index in [1.54, 1.807) is 49.3 Å². The van der Waals surface area contributed by atoms with Gasteiger partial charge in [0, 0.05) is 80.6 Å². The summed E-state index contributed by atoms with van der Waals surface area (Å²) in [5, 5.41) is 11.1. The number of methoxy groups -OCH3 is 5. The third-order valence-electron chi connectivity index (χ3n) is 5.10. The number of carbonyl (C=O) groups excluding carboxylic acids is 5. The van der Waals surface area contributed by atoms with Crippen molar-refractivity contribution in [2.45, 2.75) is 148 Å². The molecule has 52 heavy (non-hydrogen) atoms. The molecule has 2 unspecified atom stereocenters. The number of nitrogens with two attached hydrogens (primary N) is 1. The molecule has 0 aromatic heterocycles. The first-order chi connectivity index (χ1) is 23.9. The lowest BCUT2D eigenvalue weighted by Gasteiger charge is -2.11. The Morgan fingerprint density at radius 3 is 1.08 bits per heavy atom. The number of hydrogen-bond acceptors (Lipinski definition) is 12. The zero-order valence-corrected chi connectivity index (χ0v) is 37.5. The van der Waals surface area contributed by atoms with Crippen LogP contribution in [0.4, 0.5) is 0 Å². The van der Waals surface area contributed by atoms with Crippen LogP contribution in [0.15, 0.2) is 0 Å². The number of carbonyl (C=O) groups is 5. The highest BCUT2D eigenvalue weighted by Gasteiger charge is 2.14. The SMILES string of the molecule is CC(=O)C(C)(C)C.CC(C)=O.CCC(C)=O.CCC(N)COC.CCC(O)COC.CCCCOC.CCCOC.CNC(C)=O.COCC(C)=O. The van der Waals surface area contributed by atoms with Crippen molar-refractivity contribution in [3.63, 3.8) is 0 Å². The molecule has 0 rings (SSSR count). The van der Waals surface area contributed by atoms with E-state index >= 15 is 0 Å². The quantitative estimate of drug-likeness (QED) is 0.165. The van der Waals surface area contributed by atoms with E-state index in [0.717, 1.165) is 32.5 Å². The van der Waals surface area contributed by atoms with Crippen molar-refractivity contribution < 1.29 is 52.8 Å². The van der Waals surface area contributed by atoms with Crippen LogP contribution in [0.3, 0.4) is 0 Å². The van der Waals surface area contributed by atoms with Crippen molar-refractivity contribution in [2.75, 3.05) is 75.6 Å². The molecule has 0 spiro atoms. The average Bonchev–Trinajstić information content (AvgIpc) is 3.05. The zero-order valence-electron chi connectivity index (χ0n) is 37.5. The molecule has 0 heterocycles. The minimum absolute atomic E-state index is 0.00463. The zero-order chi connectivity index (χ0) is 43.6. The van der Waals surface area contributed by atoms with E-state index in [1.807, 2.05) is 41.5 Å². The van der Waals surface area contributed by atoms with Gasteiger partial charge in [-0.15, -0.1) is 0 Å². The van der Waals surface area contributed by atoms with E-state index < -0.39 is 0 Å². The van der Waals surface area contributed by atoms with Gasteiger partial charge in [-0.05, 0) is 60.3 Å². The fourth-order valence-corrected chi connectivity index (χ4v) is 1.34. The Kier molecular flexibility index (Phi) is 87.6. The minimum atomic E-state index is -0.273. The van der Waals surface area contributed by atoms with Gasteiger partial charge in [-0.1, -0.05) is 61.8 Å². The summed E-state index contributed by atoms with van der Waals surface area (Å²) >= 11 is 0. The Hall–Kier alpha value is -2.13. The molecule has 0 aliphatic heterocycles. The summed E-state index contributed by atoms with van der Waals surface area (Å²) in [4.78, 5) is 49.3. The fourth-order valence-electron chi connectivity index (χ4n) is 1.34. The van der Waals surface area contributed by atoms with Crippen molar-refractivity contribution in [3.05, 3.63) is 0 Å². The van der Waals surface area contributed by atoms with Gasteiger partial charge in [-0.2, -0.15) is 0 Å². The Bertz CT molecular complexity index is 679. The molecule has 13 nitrogen and oxygen atoms in total. The summed E-state index contributed by atoms with van der Waals surface area (Å²) in [6.07, 6.45) is 5.70. The first-order valence-corrected chi connectivity index (χ1v) is 18.0. The first-order valence-electron chi connectivity index (χ1n) is 18.0. The van der Waals surface area contributed by atoms with Crippen molar-refractivity contribution in [1.82, 2.24) is 5.32 Å². The molecular weight excluding hydrogens is 672 g/mol. The molecular formula is C39H88N2O11. The Morgan fingerprint density at radius 2 is 1.02 bits per heavy atom. The summed E-state index contributed by atoms with van der Waals surface area (Å²) in [6.45, 7) is 28.2. The molecule has 0 aromatic carbocycles. The second-order valence-corrected chi connectivity index (χ2v) is 12.2. The molecule has 1 amide bonds. The number of nitrogens with one attached hydrogen (secondary N) is 1. The molecule has 0 aliphatic carbocycles. The van der Waals surface area contributed by atoms with Crippen molar-refractivity contribution >= 4 is 29.0 Å². The topological polar surface area (TPSA) is 190 Å². The van der Waals surface area contributed by atoms with Crippen LogP contribution >= 0.6 is 0 Å². The Morgan fingerprint density at radius 1 is 0.654 bits per heavy atom. The van der Waals surface area contributed by atoms with Gasteiger partial charge in [0.25, 0.3) is 0 Å². The molecule has 0 saturated heterocycles. The largest absolute Gasteiger partial charge is 0.391 e. The number of hydrogen-bond donors (Lipinski definition) is 3. The number of aliphatic hydroxyl groups excluding tert-OH is 1. The summed E-state index contributed by atoms with van der Waals surface area (Å²) in [6, 6.07) is 0.227. The van der Waals surface area contributed by atoms with Crippen LogP contribution in [0.25, 0.3) is 0 Å². The second kappa shape index (κ2) is 63.9. The van der Waals surface area contributed by atoms with Crippen LogP contribution in [-0.4, -0.2) is 122 Å². The highest BCUT2D eigenvalue weighted by molar-refractivity contribution is 5.80. The van der Waals surface area contributed by atoms with Gasteiger partial charge < -0.3 is 49.4 Å². The highest BCUT2D eigenvalue weighted by atomic mass is 16.5. The summed E-state index contributed by atoms with van der Waals surface area (Å²) < 4.78 is 23.3. The van der Waals surface area contributed by atoms with Crippen molar-refractivity contribution in [1.29, 1.82) is 0 Å². The van der Waals surface area contributed by atoms with Crippen LogP contribution in [-0.2, 0) is 47.7 Å². The first kappa shape index (κ1) is 71.3. The fraction of sp³-hybridized carbons (Fsp3) is 0.872. The molecule has 2 atom stereocenters. The molecule has 0 saturated carbocycles. The van der Waals surface area contributed by atoms with Gasteiger partial charge in [0.05, 0.1) is 19.3 Å². The standard InChI is InChI=1S/C6H12O.C5H13NO.C5H12O2.C5H12O.C4H8O2.C4H10O.C4H8O.C3H7NO.C3H6O/c1-5(7)6(2,3)4;2*1-3-5(6)4-7-2;1-3-4-5-6-2;1-4(5)3-6-2;1-3-4-5-2;1-3-4(2)5;1-3(5)4-2;1-3(2)4/h1-4H3;5H,3-4,6H2,1-2H3;5-6H,3-4H2,1-2H3;3-5H2,1-2H3;3H2,1-2H3;3-4H2,1-2H3;3H2,1-2H3;1-2H3,(H,4,5);1-2H3.